The largest absolute Gasteiger partial charge is 0.485 e. The number of ether oxygens (including phenoxy) is 2. The zero-order valence-electron chi connectivity index (χ0n) is 11.9. The van der Waals surface area contributed by atoms with Gasteiger partial charge in [-0.1, -0.05) is 12.1 Å². The maximum Gasteiger partial charge on any atom is 0.264 e. The Morgan fingerprint density at radius 3 is 2.91 bits per heavy atom. The van der Waals surface area contributed by atoms with E-state index in [0.29, 0.717) is 30.4 Å². The molecule has 1 aromatic carbocycles. The smallest absolute Gasteiger partial charge is 0.264 e. The monoisotopic (exact) mass is 300 g/mol. The van der Waals surface area contributed by atoms with Crippen LogP contribution < -0.4 is 20.1 Å². The zero-order valence-corrected chi connectivity index (χ0v) is 11.9. The Morgan fingerprint density at radius 2 is 2.09 bits per heavy atom. The van der Waals surface area contributed by atoms with Gasteiger partial charge in [-0.3, -0.25) is 9.78 Å². The molecule has 1 aliphatic heterocycles. The fourth-order valence-electron chi connectivity index (χ4n) is 2.03. The molecule has 0 saturated heterocycles. The molecule has 0 aliphatic carbocycles. The van der Waals surface area contributed by atoms with Gasteiger partial charge in [0.2, 0.25) is 6.10 Å². The van der Waals surface area contributed by atoms with Crippen LogP contribution in [0.1, 0.15) is 0 Å². The molecule has 0 bridgehead atoms. The van der Waals surface area contributed by atoms with Crippen molar-refractivity contribution in [3.63, 3.8) is 0 Å². The van der Waals surface area contributed by atoms with E-state index in [1.807, 2.05) is 18.2 Å². The first-order valence-corrected chi connectivity index (χ1v) is 6.99. The number of carbonyl (C=O) groups excluding carboxylic acids is 1. The van der Waals surface area contributed by atoms with E-state index < -0.39 is 6.10 Å². The number of hydrogen-bond donors (Lipinski definition) is 2. The molecule has 0 fully saturated rings. The molecule has 2 aromatic rings. The number of anilines is 1. The minimum atomic E-state index is -0.633. The maximum atomic E-state index is 12.0. The number of amides is 1. The number of benzene rings is 1. The standard InChI is InChI=1S/C15H16N4O3/c20-15(19-8-7-18-14-9-16-5-6-17-14)13-10-21-11-3-1-2-4-12(11)22-13/h1-6,9,13H,7-8,10H2,(H,17,18)(H,19,20). The van der Waals surface area contributed by atoms with Gasteiger partial charge in [-0.2, -0.15) is 0 Å². The van der Waals surface area contributed by atoms with Crippen LogP contribution in [0.15, 0.2) is 42.9 Å². The summed E-state index contributed by atoms with van der Waals surface area (Å²) in [6.07, 6.45) is 4.19. The lowest BCUT2D eigenvalue weighted by Crippen LogP contribution is -2.45. The van der Waals surface area contributed by atoms with Crippen molar-refractivity contribution in [3.05, 3.63) is 42.9 Å². The van der Waals surface area contributed by atoms with Crippen LogP contribution in [-0.2, 0) is 4.79 Å². The second kappa shape index (κ2) is 6.75. The summed E-state index contributed by atoms with van der Waals surface area (Å²) in [6.45, 7) is 1.21. The fraction of sp³-hybridized carbons (Fsp3) is 0.267. The van der Waals surface area contributed by atoms with Gasteiger partial charge in [0.15, 0.2) is 11.5 Å². The topological polar surface area (TPSA) is 85.4 Å². The van der Waals surface area contributed by atoms with Crippen LogP contribution in [0.2, 0.25) is 0 Å². The van der Waals surface area contributed by atoms with E-state index >= 15 is 0 Å². The van der Waals surface area contributed by atoms with E-state index in [4.69, 9.17) is 9.47 Å². The van der Waals surface area contributed by atoms with E-state index in [-0.39, 0.29) is 12.5 Å². The third-order valence-electron chi connectivity index (χ3n) is 3.09. The molecule has 22 heavy (non-hydrogen) atoms. The highest BCUT2D eigenvalue weighted by molar-refractivity contribution is 5.81. The first-order valence-electron chi connectivity index (χ1n) is 6.99. The van der Waals surface area contributed by atoms with Crippen molar-refractivity contribution in [2.24, 2.45) is 0 Å². The Hall–Kier alpha value is -2.83. The van der Waals surface area contributed by atoms with Gasteiger partial charge in [0.05, 0.1) is 6.20 Å². The van der Waals surface area contributed by atoms with Gasteiger partial charge >= 0.3 is 0 Å². The number of para-hydroxylation sites is 2. The summed E-state index contributed by atoms with van der Waals surface area (Å²) in [6, 6.07) is 7.30. The maximum absolute atomic E-state index is 12.0. The number of aromatic nitrogens is 2. The Morgan fingerprint density at radius 1 is 1.23 bits per heavy atom. The molecule has 7 nitrogen and oxygen atoms in total. The third kappa shape index (κ3) is 3.43. The molecule has 1 atom stereocenters. The summed E-state index contributed by atoms with van der Waals surface area (Å²) in [4.78, 5) is 20.1. The molecule has 2 N–H and O–H groups in total. The Bertz CT molecular complexity index is 636. The lowest BCUT2D eigenvalue weighted by molar-refractivity contribution is -0.130. The molecule has 2 heterocycles. The van der Waals surface area contributed by atoms with Crippen LogP contribution in [0.5, 0.6) is 11.5 Å². The van der Waals surface area contributed by atoms with Crippen molar-refractivity contribution in [3.8, 4) is 11.5 Å². The molecule has 0 saturated carbocycles. The minimum absolute atomic E-state index is 0.199. The van der Waals surface area contributed by atoms with Crippen molar-refractivity contribution < 1.29 is 14.3 Å². The van der Waals surface area contributed by atoms with Gasteiger partial charge in [-0.15, -0.1) is 0 Å². The highest BCUT2D eigenvalue weighted by Gasteiger charge is 2.26. The van der Waals surface area contributed by atoms with Gasteiger partial charge in [-0.25, -0.2) is 4.98 Å². The van der Waals surface area contributed by atoms with Gasteiger partial charge in [0, 0.05) is 25.5 Å². The number of rotatable bonds is 5. The molecule has 7 heteroatoms. The molecule has 1 amide bonds. The first kappa shape index (κ1) is 14.1. The number of hydrogen-bond acceptors (Lipinski definition) is 6. The predicted molar refractivity (Wildman–Crippen MR) is 79.9 cm³/mol. The summed E-state index contributed by atoms with van der Waals surface area (Å²) in [5.41, 5.74) is 0. The van der Waals surface area contributed by atoms with Crippen LogP contribution >= 0.6 is 0 Å². The van der Waals surface area contributed by atoms with Gasteiger partial charge in [0.1, 0.15) is 12.4 Å². The van der Waals surface area contributed by atoms with Crippen LogP contribution in [-0.4, -0.2) is 41.7 Å². The Labute approximate surface area is 127 Å². The van der Waals surface area contributed by atoms with Crippen LogP contribution in [0.25, 0.3) is 0 Å². The van der Waals surface area contributed by atoms with Crippen molar-refractivity contribution in [2.75, 3.05) is 25.0 Å². The first-order chi connectivity index (χ1) is 10.8. The van der Waals surface area contributed by atoms with Crippen LogP contribution in [0.4, 0.5) is 5.82 Å². The molecular formula is C15H16N4O3. The van der Waals surface area contributed by atoms with Crippen molar-refractivity contribution in [2.45, 2.75) is 6.10 Å². The quantitative estimate of drug-likeness (QED) is 0.796. The lowest BCUT2D eigenvalue weighted by atomic mass is 10.2. The summed E-state index contributed by atoms with van der Waals surface area (Å²) < 4.78 is 11.1. The van der Waals surface area contributed by atoms with Crippen LogP contribution in [0.3, 0.4) is 0 Å². The van der Waals surface area contributed by atoms with E-state index in [1.165, 1.54) is 0 Å². The van der Waals surface area contributed by atoms with E-state index in [2.05, 4.69) is 20.6 Å². The summed E-state index contributed by atoms with van der Waals surface area (Å²) in [5.74, 6) is 1.72. The summed E-state index contributed by atoms with van der Waals surface area (Å²) in [7, 11) is 0. The zero-order chi connectivity index (χ0) is 15.2. The average Bonchev–Trinajstić information content (AvgIpc) is 2.59. The molecule has 1 aromatic heterocycles. The van der Waals surface area contributed by atoms with E-state index in [1.54, 1.807) is 24.7 Å². The molecule has 3 rings (SSSR count). The Balaban J connectivity index is 1.43. The molecule has 1 aliphatic rings. The SMILES string of the molecule is O=C(NCCNc1cnccn1)C1COc2ccccc2O1. The highest BCUT2D eigenvalue weighted by atomic mass is 16.6. The van der Waals surface area contributed by atoms with Crippen LogP contribution in [0, 0.1) is 0 Å². The third-order valence-corrected chi connectivity index (χ3v) is 3.09. The summed E-state index contributed by atoms with van der Waals surface area (Å²) >= 11 is 0. The number of carbonyl (C=O) groups is 1. The lowest BCUT2D eigenvalue weighted by Gasteiger charge is -2.25. The Kier molecular flexibility index (Phi) is 4.33. The molecular weight excluding hydrogens is 284 g/mol. The predicted octanol–water partition coefficient (Wildman–Crippen LogP) is 0.845. The number of fused-ring (bicyclic) bond motifs is 1. The highest BCUT2D eigenvalue weighted by Crippen LogP contribution is 2.30. The molecule has 114 valence electrons. The van der Waals surface area contributed by atoms with Gasteiger partial charge in [0.25, 0.3) is 5.91 Å². The molecule has 0 radical (unpaired) electrons. The van der Waals surface area contributed by atoms with Crippen molar-refractivity contribution >= 4 is 11.7 Å². The normalized spacial score (nSPS) is 15.9. The van der Waals surface area contributed by atoms with Crippen molar-refractivity contribution in [1.82, 2.24) is 15.3 Å². The fourth-order valence-corrected chi connectivity index (χ4v) is 2.03. The van der Waals surface area contributed by atoms with Gasteiger partial charge in [-0.05, 0) is 12.1 Å². The second-order valence-electron chi connectivity index (χ2n) is 4.67. The minimum Gasteiger partial charge on any atom is -0.485 e. The number of nitrogens with zero attached hydrogens (tertiary/aromatic N) is 2. The summed E-state index contributed by atoms with van der Waals surface area (Å²) in [5, 5.41) is 5.86. The molecule has 1 unspecified atom stereocenters. The van der Waals surface area contributed by atoms with Crippen molar-refractivity contribution in [1.29, 1.82) is 0 Å². The van der Waals surface area contributed by atoms with E-state index in [0.717, 1.165) is 0 Å². The van der Waals surface area contributed by atoms with Gasteiger partial charge < -0.3 is 20.1 Å². The molecule has 0 spiro atoms. The number of nitrogens with one attached hydrogen (secondary N) is 2. The average molecular weight is 300 g/mol. The van der Waals surface area contributed by atoms with E-state index in [9.17, 15) is 4.79 Å². The second-order valence-corrected chi connectivity index (χ2v) is 4.67.